The van der Waals surface area contributed by atoms with Gasteiger partial charge in [-0.15, -0.1) is 0 Å². The number of aryl methyl sites for hydroxylation is 1. The minimum Gasteiger partial charge on any atom is -0.385 e. The van der Waals surface area contributed by atoms with Crippen molar-refractivity contribution in [3.05, 3.63) is 29.3 Å². The van der Waals surface area contributed by atoms with Crippen molar-refractivity contribution < 1.29 is 0 Å². The van der Waals surface area contributed by atoms with Crippen molar-refractivity contribution in [3.63, 3.8) is 0 Å². The third kappa shape index (κ3) is 1.86. The molecule has 2 aliphatic heterocycles. The van der Waals surface area contributed by atoms with E-state index in [4.69, 9.17) is 0 Å². The molecule has 2 heterocycles. The number of hydrogen-bond acceptors (Lipinski definition) is 2. The van der Waals surface area contributed by atoms with E-state index in [1.165, 1.54) is 49.2 Å². The Morgan fingerprint density at radius 1 is 1.20 bits per heavy atom. The lowest BCUT2D eigenvalue weighted by molar-refractivity contribution is 0.172. The molecule has 0 aliphatic carbocycles. The summed E-state index contributed by atoms with van der Waals surface area (Å²) in [5.41, 5.74) is 4.35. The fourth-order valence-corrected chi connectivity index (χ4v) is 2.42. The molecule has 2 heteroatoms. The van der Waals surface area contributed by atoms with Crippen LogP contribution in [0.5, 0.6) is 0 Å². The van der Waals surface area contributed by atoms with Gasteiger partial charge in [0.15, 0.2) is 0 Å². The molecular weight excluding hydrogens is 184 g/mol. The number of anilines is 1. The molecule has 2 nitrogen and oxygen atoms in total. The Morgan fingerprint density at radius 2 is 2.13 bits per heavy atom. The molecule has 2 aliphatic rings. The van der Waals surface area contributed by atoms with Crippen LogP contribution in [0.1, 0.15) is 24.0 Å². The summed E-state index contributed by atoms with van der Waals surface area (Å²) < 4.78 is 0. The Labute approximate surface area is 91.3 Å². The van der Waals surface area contributed by atoms with E-state index < -0.39 is 0 Å². The molecule has 0 radical (unpaired) electrons. The molecule has 0 atom stereocenters. The van der Waals surface area contributed by atoms with Gasteiger partial charge < -0.3 is 5.32 Å². The number of likely N-dealkylation sites (tertiary alicyclic amines) is 1. The van der Waals surface area contributed by atoms with Gasteiger partial charge in [0.25, 0.3) is 0 Å². The van der Waals surface area contributed by atoms with Crippen molar-refractivity contribution >= 4 is 5.69 Å². The van der Waals surface area contributed by atoms with Crippen LogP contribution in [0.2, 0.25) is 0 Å². The minimum atomic E-state index is 1.14. The van der Waals surface area contributed by atoms with Crippen LogP contribution in [0.4, 0.5) is 5.69 Å². The fourth-order valence-electron chi connectivity index (χ4n) is 2.42. The quantitative estimate of drug-likeness (QED) is 0.791. The molecule has 15 heavy (non-hydrogen) atoms. The molecule has 1 aromatic carbocycles. The standard InChI is InChI=1S/C13H18N2/c1-3-12-9-11(10-15-7-2-8-15)4-5-13(12)14-6-1/h4-5,9,14H,1-3,6-8,10H2. The summed E-state index contributed by atoms with van der Waals surface area (Å²) in [6.07, 6.45) is 3.91. The number of nitrogens with one attached hydrogen (secondary N) is 1. The Hall–Kier alpha value is -1.02. The van der Waals surface area contributed by atoms with Crippen LogP contribution in [0, 0.1) is 0 Å². The molecule has 0 saturated carbocycles. The monoisotopic (exact) mass is 202 g/mol. The number of nitrogens with zero attached hydrogens (tertiary/aromatic N) is 1. The van der Waals surface area contributed by atoms with E-state index in [2.05, 4.69) is 28.4 Å². The van der Waals surface area contributed by atoms with Crippen molar-refractivity contribution in [1.82, 2.24) is 4.90 Å². The van der Waals surface area contributed by atoms with Crippen LogP contribution in [0.25, 0.3) is 0 Å². The van der Waals surface area contributed by atoms with Gasteiger partial charge in [0.1, 0.15) is 0 Å². The van der Waals surface area contributed by atoms with Gasteiger partial charge in [-0.25, -0.2) is 0 Å². The zero-order chi connectivity index (χ0) is 10.1. The lowest BCUT2D eigenvalue weighted by Crippen LogP contribution is -2.36. The van der Waals surface area contributed by atoms with E-state index in [1.807, 2.05) is 0 Å². The summed E-state index contributed by atoms with van der Waals surface area (Å²) in [6, 6.07) is 6.92. The van der Waals surface area contributed by atoms with Crippen LogP contribution < -0.4 is 5.32 Å². The molecule has 1 aromatic rings. The lowest BCUT2D eigenvalue weighted by atomic mass is 10.00. The summed E-state index contributed by atoms with van der Waals surface area (Å²) in [4.78, 5) is 2.51. The summed E-state index contributed by atoms with van der Waals surface area (Å²) in [5.74, 6) is 0. The van der Waals surface area contributed by atoms with Gasteiger partial charge in [-0.2, -0.15) is 0 Å². The van der Waals surface area contributed by atoms with Crippen molar-refractivity contribution in [2.24, 2.45) is 0 Å². The molecule has 0 unspecified atom stereocenters. The van der Waals surface area contributed by atoms with Crippen LogP contribution in [-0.2, 0) is 13.0 Å². The second kappa shape index (κ2) is 3.86. The Kier molecular flexibility index (Phi) is 2.37. The molecule has 0 bridgehead atoms. The largest absolute Gasteiger partial charge is 0.385 e. The summed E-state index contributed by atoms with van der Waals surface area (Å²) in [5, 5.41) is 3.46. The van der Waals surface area contributed by atoms with E-state index in [-0.39, 0.29) is 0 Å². The van der Waals surface area contributed by atoms with Crippen LogP contribution >= 0.6 is 0 Å². The van der Waals surface area contributed by atoms with E-state index in [0.29, 0.717) is 0 Å². The van der Waals surface area contributed by atoms with Gasteiger partial charge >= 0.3 is 0 Å². The van der Waals surface area contributed by atoms with Crippen molar-refractivity contribution in [2.45, 2.75) is 25.8 Å². The highest BCUT2D eigenvalue weighted by molar-refractivity contribution is 5.54. The first-order valence-corrected chi connectivity index (χ1v) is 6.00. The van der Waals surface area contributed by atoms with E-state index >= 15 is 0 Å². The van der Waals surface area contributed by atoms with E-state index in [1.54, 1.807) is 0 Å². The van der Waals surface area contributed by atoms with Gasteiger partial charge in [0.2, 0.25) is 0 Å². The highest BCUT2D eigenvalue weighted by Crippen LogP contribution is 2.24. The number of benzene rings is 1. The van der Waals surface area contributed by atoms with E-state index in [0.717, 1.165) is 13.1 Å². The third-order valence-corrected chi connectivity index (χ3v) is 3.46. The van der Waals surface area contributed by atoms with E-state index in [9.17, 15) is 0 Å². The van der Waals surface area contributed by atoms with Crippen LogP contribution in [-0.4, -0.2) is 24.5 Å². The molecule has 0 amide bonds. The maximum atomic E-state index is 3.46. The van der Waals surface area contributed by atoms with Gasteiger partial charge in [-0.05, 0) is 49.5 Å². The highest BCUT2D eigenvalue weighted by Gasteiger charge is 2.15. The van der Waals surface area contributed by atoms with Crippen molar-refractivity contribution in [2.75, 3.05) is 25.0 Å². The number of fused-ring (bicyclic) bond motifs is 1. The first kappa shape index (κ1) is 9.22. The smallest absolute Gasteiger partial charge is 0.0372 e. The zero-order valence-electron chi connectivity index (χ0n) is 9.13. The second-order valence-corrected chi connectivity index (χ2v) is 4.65. The third-order valence-electron chi connectivity index (χ3n) is 3.46. The molecule has 1 fully saturated rings. The molecule has 1 saturated heterocycles. The van der Waals surface area contributed by atoms with Gasteiger partial charge in [-0.3, -0.25) is 4.90 Å². The predicted octanol–water partition coefficient (Wildman–Crippen LogP) is 2.25. The van der Waals surface area contributed by atoms with Crippen molar-refractivity contribution in [3.8, 4) is 0 Å². The maximum absolute atomic E-state index is 3.46. The zero-order valence-corrected chi connectivity index (χ0v) is 9.13. The van der Waals surface area contributed by atoms with Gasteiger partial charge in [-0.1, -0.05) is 12.1 Å². The first-order chi connectivity index (χ1) is 7.42. The number of rotatable bonds is 2. The molecule has 0 spiro atoms. The van der Waals surface area contributed by atoms with Gasteiger partial charge in [0.05, 0.1) is 0 Å². The van der Waals surface area contributed by atoms with Crippen molar-refractivity contribution in [1.29, 1.82) is 0 Å². The molecule has 1 N–H and O–H groups in total. The summed E-state index contributed by atoms with van der Waals surface area (Å²) in [7, 11) is 0. The lowest BCUT2D eigenvalue weighted by Gasteiger charge is -2.31. The first-order valence-electron chi connectivity index (χ1n) is 6.00. The summed E-state index contributed by atoms with van der Waals surface area (Å²) in [6.45, 7) is 4.86. The minimum absolute atomic E-state index is 1.14. The number of hydrogen-bond donors (Lipinski definition) is 1. The Bertz CT molecular complexity index is 356. The topological polar surface area (TPSA) is 15.3 Å². The van der Waals surface area contributed by atoms with Crippen LogP contribution in [0.15, 0.2) is 18.2 Å². The predicted molar refractivity (Wildman–Crippen MR) is 63.1 cm³/mol. The average Bonchev–Trinajstić information content (AvgIpc) is 2.23. The van der Waals surface area contributed by atoms with Gasteiger partial charge in [0, 0.05) is 18.8 Å². The SMILES string of the molecule is c1cc2c(cc1CN1CCC1)CCCN2. The molecule has 3 rings (SSSR count). The normalized spacial score (nSPS) is 20.3. The Balaban J connectivity index is 1.77. The maximum Gasteiger partial charge on any atom is 0.0372 e. The van der Waals surface area contributed by atoms with Crippen LogP contribution in [0.3, 0.4) is 0 Å². The fraction of sp³-hybridized carbons (Fsp3) is 0.538. The Morgan fingerprint density at radius 3 is 2.93 bits per heavy atom. The molecule has 0 aromatic heterocycles. The second-order valence-electron chi connectivity index (χ2n) is 4.65. The molecule has 80 valence electrons. The summed E-state index contributed by atoms with van der Waals surface area (Å²) >= 11 is 0. The average molecular weight is 202 g/mol. The highest BCUT2D eigenvalue weighted by atomic mass is 15.2. The molecular formula is C13H18N2.